The molecule has 2 aromatic rings. The molecule has 1 aliphatic heterocycles. The van der Waals surface area contributed by atoms with Gasteiger partial charge in [0, 0.05) is 25.7 Å². The number of anilines is 1. The van der Waals surface area contributed by atoms with E-state index in [9.17, 15) is 14.4 Å². The van der Waals surface area contributed by atoms with Crippen LogP contribution in [-0.2, 0) is 20.9 Å². The lowest BCUT2D eigenvalue weighted by Crippen LogP contribution is -2.42. The Morgan fingerprint density at radius 1 is 1.22 bits per heavy atom. The Morgan fingerprint density at radius 2 is 1.97 bits per heavy atom. The van der Waals surface area contributed by atoms with Gasteiger partial charge in [0.15, 0.2) is 5.11 Å². The highest BCUT2D eigenvalue weighted by Gasteiger charge is 2.43. The van der Waals surface area contributed by atoms with Gasteiger partial charge in [0.1, 0.15) is 17.6 Å². The highest BCUT2D eigenvalue weighted by atomic mass is 32.1. The van der Waals surface area contributed by atoms with Crippen LogP contribution in [0.4, 0.5) is 5.69 Å². The predicted octanol–water partition coefficient (Wildman–Crippen LogP) is 2.14. The first-order valence-electron chi connectivity index (χ1n) is 10.3. The smallest absolute Gasteiger partial charge is 0.252 e. The minimum Gasteiger partial charge on any atom is -0.494 e. The zero-order chi connectivity index (χ0) is 23.1. The molecule has 3 amide bonds. The lowest BCUT2D eigenvalue weighted by molar-refractivity contribution is -0.131. The van der Waals surface area contributed by atoms with Gasteiger partial charge in [-0.3, -0.25) is 19.3 Å². The Morgan fingerprint density at radius 3 is 2.59 bits per heavy atom. The van der Waals surface area contributed by atoms with Crippen molar-refractivity contribution in [3.63, 3.8) is 0 Å². The summed E-state index contributed by atoms with van der Waals surface area (Å²) < 4.78 is 10.7. The van der Waals surface area contributed by atoms with Crippen molar-refractivity contribution < 1.29 is 23.5 Å². The van der Waals surface area contributed by atoms with E-state index >= 15 is 0 Å². The van der Waals surface area contributed by atoms with E-state index in [1.165, 1.54) is 18.1 Å². The van der Waals surface area contributed by atoms with Gasteiger partial charge >= 0.3 is 0 Å². The van der Waals surface area contributed by atoms with E-state index in [1.54, 1.807) is 41.3 Å². The van der Waals surface area contributed by atoms with Gasteiger partial charge in [-0.25, -0.2) is 0 Å². The summed E-state index contributed by atoms with van der Waals surface area (Å²) in [5.74, 6) is 0.510. The molecule has 170 valence electrons. The minimum absolute atomic E-state index is 0.0824. The monoisotopic (exact) mass is 458 g/mol. The van der Waals surface area contributed by atoms with Crippen molar-refractivity contribution in [2.45, 2.75) is 32.9 Å². The average molecular weight is 459 g/mol. The lowest BCUT2D eigenvalue weighted by Gasteiger charge is -2.23. The van der Waals surface area contributed by atoms with E-state index in [2.05, 4.69) is 10.6 Å². The Hall–Kier alpha value is -3.40. The molecule has 1 aromatic heterocycles. The fraction of sp³-hybridized carbons (Fsp3) is 0.364. The van der Waals surface area contributed by atoms with Crippen molar-refractivity contribution in [1.29, 1.82) is 0 Å². The number of nitrogens with zero attached hydrogens (tertiary/aromatic N) is 2. The topological polar surface area (TPSA) is 104 Å². The molecule has 0 saturated carbocycles. The zero-order valence-corrected chi connectivity index (χ0v) is 18.8. The maximum absolute atomic E-state index is 13.1. The Labute approximate surface area is 191 Å². The number of ether oxygens (including phenoxy) is 1. The molecule has 9 nitrogen and oxygen atoms in total. The molecule has 2 N–H and O–H groups in total. The van der Waals surface area contributed by atoms with Crippen LogP contribution in [0.15, 0.2) is 47.1 Å². The number of amides is 3. The molecule has 32 heavy (non-hydrogen) atoms. The van der Waals surface area contributed by atoms with Crippen LogP contribution in [-0.4, -0.2) is 58.4 Å². The Balaban J connectivity index is 1.69. The Kier molecular flexibility index (Phi) is 7.82. The molecule has 1 fully saturated rings. The summed E-state index contributed by atoms with van der Waals surface area (Å²) in [7, 11) is 0. The Bertz CT molecular complexity index is 961. The van der Waals surface area contributed by atoms with Gasteiger partial charge in [0.2, 0.25) is 11.8 Å². The first-order chi connectivity index (χ1) is 15.4. The summed E-state index contributed by atoms with van der Waals surface area (Å²) in [4.78, 5) is 40.2. The summed E-state index contributed by atoms with van der Waals surface area (Å²) >= 11 is 5.52. The quantitative estimate of drug-likeness (QED) is 0.526. The SMILES string of the molecule is CCOc1ccc(NC(=O)CC2C(=O)N(Cc3ccco3)C(=S)N2CCNC(C)=O)cc1. The average Bonchev–Trinajstić information content (AvgIpc) is 3.34. The van der Waals surface area contributed by atoms with Crippen LogP contribution in [0.5, 0.6) is 5.75 Å². The predicted molar refractivity (Wildman–Crippen MR) is 122 cm³/mol. The van der Waals surface area contributed by atoms with Crippen molar-refractivity contribution in [2.75, 3.05) is 25.0 Å². The van der Waals surface area contributed by atoms with Crippen molar-refractivity contribution >= 4 is 40.7 Å². The minimum atomic E-state index is -0.770. The van der Waals surface area contributed by atoms with Crippen LogP contribution >= 0.6 is 12.2 Å². The van der Waals surface area contributed by atoms with Gasteiger partial charge in [0.05, 0.1) is 25.8 Å². The molecule has 1 aromatic carbocycles. The van der Waals surface area contributed by atoms with Gasteiger partial charge in [-0.15, -0.1) is 0 Å². The molecule has 1 unspecified atom stereocenters. The maximum atomic E-state index is 13.1. The number of hydrogen-bond acceptors (Lipinski definition) is 6. The van der Waals surface area contributed by atoms with Crippen LogP contribution < -0.4 is 15.4 Å². The van der Waals surface area contributed by atoms with Crippen molar-refractivity contribution in [3.8, 4) is 5.75 Å². The van der Waals surface area contributed by atoms with Crippen molar-refractivity contribution in [1.82, 2.24) is 15.1 Å². The van der Waals surface area contributed by atoms with E-state index in [-0.39, 0.29) is 30.7 Å². The number of furan rings is 1. The van der Waals surface area contributed by atoms with Crippen molar-refractivity contribution in [3.05, 3.63) is 48.4 Å². The molecule has 10 heteroatoms. The largest absolute Gasteiger partial charge is 0.494 e. The fourth-order valence-corrected chi connectivity index (χ4v) is 3.76. The molecule has 3 rings (SSSR count). The molecule has 1 aliphatic rings. The van der Waals surface area contributed by atoms with E-state index < -0.39 is 6.04 Å². The molecule has 1 atom stereocenters. The number of benzene rings is 1. The van der Waals surface area contributed by atoms with Gasteiger partial charge in [-0.2, -0.15) is 0 Å². The third kappa shape index (κ3) is 5.85. The van der Waals surface area contributed by atoms with Crippen LogP contribution in [0, 0.1) is 0 Å². The summed E-state index contributed by atoms with van der Waals surface area (Å²) in [5.41, 5.74) is 0.601. The van der Waals surface area contributed by atoms with Gasteiger partial charge in [-0.05, 0) is 55.5 Å². The second-order valence-corrected chi connectivity index (χ2v) is 7.55. The third-order valence-corrected chi connectivity index (χ3v) is 5.31. The number of carbonyl (C=O) groups is 3. The molecule has 2 heterocycles. The number of nitrogens with one attached hydrogen (secondary N) is 2. The van der Waals surface area contributed by atoms with E-state index in [0.29, 0.717) is 42.0 Å². The van der Waals surface area contributed by atoms with Crippen LogP contribution in [0.3, 0.4) is 0 Å². The fourth-order valence-electron chi connectivity index (χ4n) is 3.39. The third-order valence-electron chi connectivity index (χ3n) is 4.85. The summed E-state index contributed by atoms with van der Waals surface area (Å²) in [6.07, 6.45) is 1.44. The van der Waals surface area contributed by atoms with E-state index in [1.807, 2.05) is 6.92 Å². The van der Waals surface area contributed by atoms with Crippen LogP contribution in [0.25, 0.3) is 0 Å². The molecule has 0 radical (unpaired) electrons. The second kappa shape index (κ2) is 10.8. The molecule has 0 bridgehead atoms. The van der Waals surface area contributed by atoms with Gasteiger partial charge in [-0.1, -0.05) is 0 Å². The standard InChI is InChI=1S/C22H26N4O5S/c1-3-30-17-8-6-16(7-9-17)24-20(28)13-19-21(29)26(14-18-5-4-12-31-18)22(32)25(19)11-10-23-15(2)27/h4-9,12,19H,3,10-11,13-14H2,1-2H3,(H,23,27)(H,24,28). The number of rotatable bonds is 10. The van der Waals surface area contributed by atoms with Crippen LogP contribution in [0.1, 0.15) is 26.0 Å². The number of thiocarbonyl (C=S) groups is 1. The number of carbonyl (C=O) groups excluding carboxylic acids is 3. The van der Waals surface area contributed by atoms with Gasteiger partial charge < -0.3 is 24.7 Å². The zero-order valence-electron chi connectivity index (χ0n) is 18.0. The summed E-state index contributed by atoms with van der Waals surface area (Å²) in [6, 6.07) is 9.72. The normalized spacial score (nSPS) is 15.8. The lowest BCUT2D eigenvalue weighted by atomic mass is 10.1. The summed E-state index contributed by atoms with van der Waals surface area (Å²) in [5, 5.41) is 5.80. The molecule has 0 aliphatic carbocycles. The molecule has 1 saturated heterocycles. The molecular formula is C22H26N4O5S. The maximum Gasteiger partial charge on any atom is 0.252 e. The highest BCUT2D eigenvalue weighted by molar-refractivity contribution is 7.80. The van der Waals surface area contributed by atoms with E-state index in [0.717, 1.165) is 0 Å². The summed E-state index contributed by atoms with van der Waals surface area (Å²) in [6.45, 7) is 4.65. The number of hydrogen-bond donors (Lipinski definition) is 2. The first kappa shape index (κ1) is 23.3. The molecular weight excluding hydrogens is 432 g/mol. The van der Waals surface area contributed by atoms with Crippen molar-refractivity contribution in [2.24, 2.45) is 0 Å². The highest BCUT2D eigenvalue weighted by Crippen LogP contribution is 2.24. The first-order valence-corrected chi connectivity index (χ1v) is 10.7. The second-order valence-electron chi connectivity index (χ2n) is 7.19. The van der Waals surface area contributed by atoms with E-state index in [4.69, 9.17) is 21.4 Å². The van der Waals surface area contributed by atoms with Gasteiger partial charge in [0.25, 0.3) is 5.91 Å². The molecule has 0 spiro atoms. The van der Waals surface area contributed by atoms with Crippen LogP contribution in [0.2, 0.25) is 0 Å².